The van der Waals surface area contributed by atoms with Crippen LogP contribution in [0.5, 0.6) is 0 Å². The molecular weight excluding hydrogens is 240 g/mol. The van der Waals surface area contributed by atoms with Crippen LogP contribution in [0.1, 0.15) is 13.3 Å². The molecule has 0 saturated heterocycles. The van der Waals surface area contributed by atoms with Crippen LogP contribution in [0.4, 0.5) is 11.5 Å². The summed E-state index contributed by atoms with van der Waals surface area (Å²) in [5.41, 5.74) is 6.05. The predicted molar refractivity (Wildman–Crippen MR) is 70.2 cm³/mol. The molecule has 0 aromatic carbocycles. The number of nitrogen functional groups attached to an aromatic ring is 1. The van der Waals surface area contributed by atoms with Gasteiger partial charge < -0.3 is 16.0 Å². The van der Waals surface area contributed by atoms with E-state index in [9.17, 15) is 4.79 Å². The van der Waals surface area contributed by atoms with E-state index in [1.54, 1.807) is 18.0 Å². The Labute approximate surface area is 106 Å². The van der Waals surface area contributed by atoms with E-state index in [0.717, 1.165) is 6.42 Å². The fourth-order valence-electron chi connectivity index (χ4n) is 1.34. The number of hydrogen-bond donors (Lipinski definition) is 2. The van der Waals surface area contributed by atoms with E-state index in [-0.39, 0.29) is 12.5 Å². The second-order valence-corrected chi connectivity index (χ2v) is 4.19. The first-order valence-electron chi connectivity index (χ1n) is 5.43. The van der Waals surface area contributed by atoms with E-state index in [2.05, 4.69) is 10.3 Å². The molecule has 1 aromatic rings. The second-order valence-electron chi connectivity index (χ2n) is 3.78. The number of hydrogen-bond acceptors (Lipinski definition) is 4. The SMILES string of the molecule is CCCNC(=O)CN(C)c1ncc(N)cc1Cl. The topological polar surface area (TPSA) is 71.2 Å². The summed E-state index contributed by atoms with van der Waals surface area (Å²) in [6.45, 7) is 2.90. The highest BCUT2D eigenvalue weighted by Crippen LogP contribution is 2.23. The van der Waals surface area contributed by atoms with Crippen LogP contribution >= 0.6 is 11.6 Å². The van der Waals surface area contributed by atoms with Crippen molar-refractivity contribution in [1.29, 1.82) is 0 Å². The molecule has 0 atom stereocenters. The van der Waals surface area contributed by atoms with Crippen LogP contribution < -0.4 is 16.0 Å². The molecule has 3 N–H and O–H groups in total. The third-order valence-corrected chi connectivity index (χ3v) is 2.44. The van der Waals surface area contributed by atoms with Crippen molar-refractivity contribution in [3.8, 4) is 0 Å². The third-order valence-electron chi connectivity index (χ3n) is 2.16. The highest BCUT2D eigenvalue weighted by atomic mass is 35.5. The average molecular weight is 257 g/mol. The predicted octanol–water partition coefficient (Wildman–Crippen LogP) is 1.28. The Kier molecular flexibility index (Phi) is 5.03. The summed E-state index contributed by atoms with van der Waals surface area (Å²) in [7, 11) is 1.76. The van der Waals surface area contributed by atoms with Gasteiger partial charge in [0.1, 0.15) is 5.82 Å². The first-order valence-corrected chi connectivity index (χ1v) is 5.81. The summed E-state index contributed by atoms with van der Waals surface area (Å²) in [6.07, 6.45) is 2.43. The fourth-order valence-corrected chi connectivity index (χ4v) is 1.66. The van der Waals surface area contributed by atoms with Crippen LogP contribution in [0.2, 0.25) is 5.02 Å². The van der Waals surface area contributed by atoms with Gasteiger partial charge in [-0.25, -0.2) is 4.98 Å². The summed E-state index contributed by atoms with van der Waals surface area (Å²) in [6, 6.07) is 1.62. The van der Waals surface area contributed by atoms with E-state index in [0.29, 0.717) is 23.1 Å². The molecule has 0 aliphatic carbocycles. The molecule has 0 aliphatic rings. The van der Waals surface area contributed by atoms with Crippen molar-refractivity contribution in [3.63, 3.8) is 0 Å². The van der Waals surface area contributed by atoms with Gasteiger partial charge in [0.05, 0.1) is 23.5 Å². The highest BCUT2D eigenvalue weighted by molar-refractivity contribution is 6.33. The first kappa shape index (κ1) is 13.6. The van der Waals surface area contributed by atoms with Crippen molar-refractivity contribution in [2.24, 2.45) is 0 Å². The van der Waals surface area contributed by atoms with E-state index >= 15 is 0 Å². The minimum atomic E-state index is -0.0518. The van der Waals surface area contributed by atoms with Crippen molar-refractivity contribution in [1.82, 2.24) is 10.3 Å². The normalized spacial score (nSPS) is 10.1. The van der Waals surface area contributed by atoms with E-state index in [1.807, 2.05) is 6.92 Å². The molecule has 1 rings (SSSR count). The number of aromatic nitrogens is 1. The first-order chi connectivity index (χ1) is 8.04. The number of carbonyl (C=O) groups excluding carboxylic acids is 1. The Hall–Kier alpha value is -1.49. The zero-order valence-corrected chi connectivity index (χ0v) is 10.8. The van der Waals surface area contributed by atoms with E-state index in [4.69, 9.17) is 17.3 Å². The second kappa shape index (κ2) is 6.30. The van der Waals surface area contributed by atoms with Gasteiger partial charge in [-0.2, -0.15) is 0 Å². The molecule has 6 heteroatoms. The Bertz CT molecular complexity index is 397. The van der Waals surface area contributed by atoms with Crippen LogP contribution in [0.3, 0.4) is 0 Å². The number of amides is 1. The summed E-state index contributed by atoms with van der Waals surface area (Å²) in [4.78, 5) is 17.3. The lowest BCUT2D eigenvalue weighted by Crippen LogP contribution is -2.35. The molecule has 0 spiro atoms. The Morgan fingerprint density at radius 3 is 2.94 bits per heavy atom. The van der Waals surface area contributed by atoms with Gasteiger partial charge in [-0.05, 0) is 12.5 Å². The minimum absolute atomic E-state index is 0.0518. The summed E-state index contributed by atoms with van der Waals surface area (Å²) >= 11 is 6.00. The standard InChI is InChI=1S/C11H17ClN4O/c1-3-4-14-10(17)7-16(2)11-9(12)5-8(13)6-15-11/h5-6H,3-4,7,13H2,1-2H3,(H,14,17). The molecule has 1 heterocycles. The van der Waals surface area contributed by atoms with Crippen LogP contribution in [-0.2, 0) is 4.79 Å². The molecular formula is C11H17ClN4O. The van der Waals surface area contributed by atoms with Gasteiger partial charge in [0, 0.05) is 13.6 Å². The Balaban J connectivity index is 2.63. The number of nitrogens with one attached hydrogen (secondary N) is 1. The quantitative estimate of drug-likeness (QED) is 0.833. The van der Waals surface area contributed by atoms with Crippen molar-refractivity contribution in [2.75, 3.05) is 30.8 Å². The minimum Gasteiger partial charge on any atom is -0.397 e. The zero-order valence-electron chi connectivity index (χ0n) is 10.0. The number of nitrogens with two attached hydrogens (primary N) is 1. The maximum atomic E-state index is 11.5. The number of pyridine rings is 1. The number of halogens is 1. The summed E-state index contributed by atoms with van der Waals surface area (Å²) < 4.78 is 0. The molecule has 94 valence electrons. The lowest BCUT2D eigenvalue weighted by Gasteiger charge is -2.18. The van der Waals surface area contributed by atoms with Crippen LogP contribution in [0.15, 0.2) is 12.3 Å². The average Bonchev–Trinajstić information content (AvgIpc) is 2.26. The summed E-state index contributed by atoms with van der Waals surface area (Å²) in [5.74, 6) is 0.497. The summed E-state index contributed by atoms with van der Waals surface area (Å²) in [5, 5.41) is 3.23. The Morgan fingerprint density at radius 2 is 2.35 bits per heavy atom. The number of likely N-dealkylation sites (N-methyl/N-ethyl adjacent to an activating group) is 1. The lowest BCUT2D eigenvalue weighted by atomic mass is 10.4. The molecule has 17 heavy (non-hydrogen) atoms. The molecule has 0 unspecified atom stereocenters. The molecule has 5 nitrogen and oxygen atoms in total. The van der Waals surface area contributed by atoms with Gasteiger partial charge in [-0.15, -0.1) is 0 Å². The molecule has 0 bridgehead atoms. The zero-order chi connectivity index (χ0) is 12.8. The molecule has 0 saturated carbocycles. The molecule has 1 aromatic heterocycles. The van der Waals surface area contributed by atoms with E-state index < -0.39 is 0 Å². The maximum absolute atomic E-state index is 11.5. The van der Waals surface area contributed by atoms with Crippen molar-refractivity contribution in [3.05, 3.63) is 17.3 Å². The van der Waals surface area contributed by atoms with Gasteiger partial charge >= 0.3 is 0 Å². The lowest BCUT2D eigenvalue weighted by molar-refractivity contribution is -0.119. The Morgan fingerprint density at radius 1 is 1.65 bits per heavy atom. The van der Waals surface area contributed by atoms with Crippen molar-refractivity contribution >= 4 is 29.0 Å². The van der Waals surface area contributed by atoms with Gasteiger partial charge in [0.25, 0.3) is 0 Å². The van der Waals surface area contributed by atoms with E-state index in [1.165, 1.54) is 6.20 Å². The van der Waals surface area contributed by atoms with Crippen LogP contribution in [0.25, 0.3) is 0 Å². The van der Waals surface area contributed by atoms with Crippen molar-refractivity contribution < 1.29 is 4.79 Å². The van der Waals surface area contributed by atoms with Crippen LogP contribution in [-0.4, -0.2) is 31.0 Å². The van der Waals surface area contributed by atoms with Crippen molar-refractivity contribution in [2.45, 2.75) is 13.3 Å². The van der Waals surface area contributed by atoms with Gasteiger partial charge in [0.2, 0.25) is 5.91 Å². The molecule has 1 amide bonds. The third kappa shape index (κ3) is 4.11. The molecule has 0 aliphatic heterocycles. The molecule has 0 fully saturated rings. The monoisotopic (exact) mass is 256 g/mol. The molecule has 0 radical (unpaired) electrons. The number of rotatable bonds is 5. The number of nitrogens with zero attached hydrogens (tertiary/aromatic N) is 2. The van der Waals surface area contributed by atoms with Gasteiger partial charge in [0.15, 0.2) is 0 Å². The largest absolute Gasteiger partial charge is 0.397 e. The fraction of sp³-hybridized carbons (Fsp3) is 0.455. The van der Waals surface area contributed by atoms with Gasteiger partial charge in [-0.1, -0.05) is 18.5 Å². The number of carbonyl (C=O) groups is 1. The number of anilines is 2. The highest BCUT2D eigenvalue weighted by Gasteiger charge is 2.11. The smallest absolute Gasteiger partial charge is 0.239 e. The van der Waals surface area contributed by atoms with Gasteiger partial charge in [-0.3, -0.25) is 4.79 Å². The maximum Gasteiger partial charge on any atom is 0.239 e. The van der Waals surface area contributed by atoms with Crippen LogP contribution in [0, 0.1) is 0 Å².